The Labute approximate surface area is 195 Å². The summed E-state index contributed by atoms with van der Waals surface area (Å²) >= 11 is 0. The van der Waals surface area contributed by atoms with Crippen LogP contribution in [0, 0.1) is 5.82 Å². The number of amides is 1. The van der Waals surface area contributed by atoms with Crippen molar-refractivity contribution in [3.63, 3.8) is 0 Å². The average Bonchev–Trinajstić information content (AvgIpc) is 3.43. The summed E-state index contributed by atoms with van der Waals surface area (Å²) in [7, 11) is 0. The van der Waals surface area contributed by atoms with E-state index in [-0.39, 0.29) is 11.7 Å². The fourth-order valence-electron chi connectivity index (χ4n) is 4.93. The molecule has 4 aromatic rings. The molecule has 6 nitrogen and oxygen atoms in total. The van der Waals surface area contributed by atoms with Crippen LogP contribution in [0.1, 0.15) is 45.3 Å². The molecule has 3 N–H and O–H groups in total. The molecule has 3 aromatic carbocycles. The highest BCUT2D eigenvalue weighted by molar-refractivity contribution is 5.99. The van der Waals surface area contributed by atoms with Gasteiger partial charge >= 0.3 is 0 Å². The predicted octanol–water partition coefficient (Wildman–Crippen LogP) is 4.53. The smallest absolute Gasteiger partial charge is 0.255 e. The van der Waals surface area contributed by atoms with Gasteiger partial charge in [-0.2, -0.15) is 0 Å². The van der Waals surface area contributed by atoms with Crippen LogP contribution in [-0.4, -0.2) is 39.0 Å². The van der Waals surface area contributed by atoms with E-state index in [1.807, 2.05) is 36.4 Å². The molecule has 1 aromatic heterocycles. The number of rotatable bonds is 4. The maximum Gasteiger partial charge on any atom is 0.255 e. The average molecular weight is 455 g/mol. The third kappa shape index (κ3) is 3.45. The van der Waals surface area contributed by atoms with E-state index in [4.69, 9.17) is 4.98 Å². The van der Waals surface area contributed by atoms with Gasteiger partial charge in [-0.25, -0.2) is 9.37 Å². The lowest BCUT2D eigenvalue weighted by atomic mass is 9.97. The van der Waals surface area contributed by atoms with Gasteiger partial charge < -0.3 is 20.3 Å². The number of benzene rings is 3. The van der Waals surface area contributed by atoms with E-state index in [1.165, 1.54) is 23.8 Å². The SMILES string of the molecule is O=C1c2cc(C3=CCNCC3)ccc2CN1C(c1nc2ccccc2[nH]1)c1cc(F)ccc1O. The number of nitrogens with one attached hydrogen (secondary N) is 2. The lowest BCUT2D eigenvalue weighted by molar-refractivity contribution is 0.0723. The zero-order chi connectivity index (χ0) is 23.2. The number of H-pyrrole nitrogens is 1. The van der Waals surface area contributed by atoms with Crippen LogP contribution in [0.5, 0.6) is 5.75 Å². The molecule has 1 atom stereocenters. The number of imidazole rings is 1. The number of aromatic amines is 1. The van der Waals surface area contributed by atoms with E-state index >= 15 is 0 Å². The van der Waals surface area contributed by atoms with E-state index in [0.717, 1.165) is 41.7 Å². The van der Waals surface area contributed by atoms with Crippen LogP contribution in [0.2, 0.25) is 0 Å². The van der Waals surface area contributed by atoms with E-state index in [9.17, 15) is 14.3 Å². The highest BCUT2D eigenvalue weighted by atomic mass is 19.1. The van der Waals surface area contributed by atoms with Crippen LogP contribution in [-0.2, 0) is 6.54 Å². The molecule has 0 aliphatic carbocycles. The van der Waals surface area contributed by atoms with E-state index in [0.29, 0.717) is 23.5 Å². The lowest BCUT2D eigenvalue weighted by Gasteiger charge is -2.27. The summed E-state index contributed by atoms with van der Waals surface area (Å²) in [6.45, 7) is 2.07. The summed E-state index contributed by atoms with van der Waals surface area (Å²) in [5.41, 5.74) is 5.65. The molecule has 1 unspecified atom stereocenters. The van der Waals surface area contributed by atoms with Gasteiger partial charge in [0.05, 0.1) is 11.0 Å². The summed E-state index contributed by atoms with van der Waals surface area (Å²) in [6, 6.07) is 16.6. The molecule has 2 aliphatic rings. The number of nitrogens with zero attached hydrogens (tertiary/aromatic N) is 2. The molecule has 0 radical (unpaired) electrons. The Morgan fingerprint density at radius 1 is 1.09 bits per heavy atom. The van der Waals surface area contributed by atoms with Gasteiger partial charge in [-0.05, 0) is 66.1 Å². The molecule has 3 heterocycles. The summed E-state index contributed by atoms with van der Waals surface area (Å²) in [5.74, 6) is -0.264. The standard InChI is InChI=1S/C27H23FN4O2/c28-19-7-8-24(33)21(14-19)25(26-30-22-3-1-2-4-23(22)31-26)32-15-18-6-5-17(13-20(18)27(32)34)16-9-11-29-12-10-16/h1-9,13-14,25,29,33H,10-12,15H2,(H,30,31). The van der Waals surface area contributed by atoms with Crippen molar-refractivity contribution >= 4 is 22.5 Å². The number of carbonyl (C=O) groups excluding carboxylic acids is 1. The summed E-state index contributed by atoms with van der Waals surface area (Å²) in [6.07, 6.45) is 3.07. The van der Waals surface area contributed by atoms with Gasteiger partial charge in [-0.15, -0.1) is 0 Å². The van der Waals surface area contributed by atoms with Crippen LogP contribution < -0.4 is 5.32 Å². The molecule has 2 aliphatic heterocycles. The summed E-state index contributed by atoms with van der Waals surface area (Å²) < 4.78 is 14.3. The third-order valence-electron chi connectivity index (χ3n) is 6.64. The van der Waals surface area contributed by atoms with Gasteiger partial charge in [-0.1, -0.05) is 30.3 Å². The van der Waals surface area contributed by atoms with Gasteiger partial charge in [0.2, 0.25) is 0 Å². The zero-order valence-electron chi connectivity index (χ0n) is 18.4. The Kier molecular flexibility index (Phi) is 4.92. The Morgan fingerprint density at radius 2 is 1.97 bits per heavy atom. The molecule has 34 heavy (non-hydrogen) atoms. The van der Waals surface area contributed by atoms with Crippen LogP contribution in [0.25, 0.3) is 16.6 Å². The first-order valence-corrected chi connectivity index (χ1v) is 11.4. The number of hydrogen-bond acceptors (Lipinski definition) is 4. The molecule has 0 bridgehead atoms. The number of hydrogen-bond donors (Lipinski definition) is 3. The quantitative estimate of drug-likeness (QED) is 0.423. The molecule has 0 saturated carbocycles. The highest BCUT2D eigenvalue weighted by Crippen LogP contribution is 2.39. The maximum atomic E-state index is 14.3. The number of phenols is 1. The second-order valence-electron chi connectivity index (χ2n) is 8.73. The molecular weight excluding hydrogens is 431 g/mol. The van der Waals surface area contributed by atoms with E-state index in [1.54, 1.807) is 4.90 Å². The lowest BCUT2D eigenvalue weighted by Crippen LogP contribution is -2.31. The first kappa shape index (κ1) is 20.6. The molecule has 0 saturated heterocycles. The fourth-order valence-corrected chi connectivity index (χ4v) is 4.93. The Hall–Kier alpha value is -3.97. The number of aromatic nitrogens is 2. The van der Waals surface area contributed by atoms with Crippen molar-refractivity contribution in [2.45, 2.75) is 19.0 Å². The maximum absolute atomic E-state index is 14.3. The molecule has 7 heteroatoms. The molecule has 6 rings (SSSR count). The molecule has 170 valence electrons. The first-order valence-electron chi connectivity index (χ1n) is 11.4. The van der Waals surface area contributed by atoms with Gasteiger partial charge in [0, 0.05) is 24.2 Å². The van der Waals surface area contributed by atoms with E-state index < -0.39 is 11.9 Å². The van der Waals surface area contributed by atoms with Crippen molar-refractivity contribution in [1.82, 2.24) is 20.2 Å². The number of aromatic hydroxyl groups is 1. The predicted molar refractivity (Wildman–Crippen MR) is 128 cm³/mol. The first-order chi connectivity index (χ1) is 16.6. The fraction of sp³-hybridized carbons (Fsp3) is 0.185. The minimum Gasteiger partial charge on any atom is -0.508 e. The number of fused-ring (bicyclic) bond motifs is 2. The monoisotopic (exact) mass is 454 g/mol. The number of phenolic OH excluding ortho intramolecular Hbond substituents is 1. The normalized spacial score (nSPS) is 16.6. The Bertz CT molecular complexity index is 1430. The van der Waals surface area contributed by atoms with Crippen molar-refractivity contribution in [3.8, 4) is 5.75 Å². The molecule has 0 fully saturated rings. The van der Waals surface area contributed by atoms with Crippen LogP contribution >= 0.6 is 0 Å². The topological polar surface area (TPSA) is 81.2 Å². The largest absolute Gasteiger partial charge is 0.508 e. The highest BCUT2D eigenvalue weighted by Gasteiger charge is 2.37. The van der Waals surface area contributed by atoms with Gasteiger partial charge in [0.25, 0.3) is 5.91 Å². The summed E-state index contributed by atoms with van der Waals surface area (Å²) in [4.78, 5) is 23.3. The van der Waals surface area contributed by atoms with Gasteiger partial charge in [0.1, 0.15) is 23.4 Å². The van der Waals surface area contributed by atoms with Gasteiger partial charge in [-0.3, -0.25) is 4.79 Å². The second kappa shape index (κ2) is 8.11. The van der Waals surface area contributed by atoms with Crippen LogP contribution in [0.4, 0.5) is 4.39 Å². The number of carbonyl (C=O) groups is 1. The number of halogens is 1. The summed E-state index contributed by atoms with van der Waals surface area (Å²) in [5, 5.41) is 14.0. The minimum absolute atomic E-state index is 0.0869. The number of para-hydroxylation sites is 2. The van der Waals surface area contributed by atoms with E-state index in [2.05, 4.69) is 22.4 Å². The van der Waals surface area contributed by atoms with Gasteiger partial charge in [0.15, 0.2) is 0 Å². The Morgan fingerprint density at radius 3 is 2.79 bits per heavy atom. The Balaban J connectivity index is 1.45. The molecule has 0 spiro atoms. The van der Waals surface area contributed by atoms with Crippen molar-refractivity contribution in [2.75, 3.05) is 13.1 Å². The van der Waals surface area contributed by atoms with Crippen molar-refractivity contribution in [3.05, 3.63) is 101 Å². The second-order valence-corrected chi connectivity index (χ2v) is 8.73. The van der Waals surface area contributed by atoms with Crippen LogP contribution in [0.3, 0.4) is 0 Å². The third-order valence-corrected chi connectivity index (χ3v) is 6.64. The van der Waals surface area contributed by atoms with Crippen molar-refractivity contribution < 1.29 is 14.3 Å². The zero-order valence-corrected chi connectivity index (χ0v) is 18.4. The molecule has 1 amide bonds. The van der Waals surface area contributed by atoms with Crippen molar-refractivity contribution in [1.29, 1.82) is 0 Å². The van der Waals surface area contributed by atoms with Crippen LogP contribution in [0.15, 0.2) is 66.7 Å². The van der Waals surface area contributed by atoms with Crippen molar-refractivity contribution in [2.24, 2.45) is 0 Å². The molecular formula is C27H23FN4O2. The minimum atomic E-state index is -0.774.